The first-order valence-corrected chi connectivity index (χ1v) is 10.9. The number of rotatable bonds is 6. The van der Waals surface area contributed by atoms with Crippen molar-refractivity contribution >= 4 is 23.7 Å². The Labute approximate surface area is 193 Å². The lowest BCUT2D eigenvalue weighted by molar-refractivity contribution is -0.119. The first-order chi connectivity index (χ1) is 15.9. The zero-order chi connectivity index (χ0) is 23.4. The molecular weight excluding hydrogens is 441 g/mol. The van der Waals surface area contributed by atoms with Crippen LogP contribution in [-0.4, -0.2) is 26.7 Å². The molecule has 0 aliphatic carbocycles. The average molecular weight is 462 g/mol. The fourth-order valence-corrected chi connectivity index (χ4v) is 4.34. The van der Waals surface area contributed by atoms with E-state index in [0.29, 0.717) is 22.2 Å². The molecule has 0 bridgehead atoms. The highest BCUT2D eigenvalue weighted by Gasteiger charge is 2.27. The molecule has 3 amide bonds. The van der Waals surface area contributed by atoms with Gasteiger partial charge in [0.05, 0.1) is 5.56 Å². The maximum atomic E-state index is 14.6. The van der Waals surface area contributed by atoms with E-state index in [4.69, 9.17) is 5.73 Å². The summed E-state index contributed by atoms with van der Waals surface area (Å²) in [6.45, 7) is 1.96. The third-order valence-corrected chi connectivity index (χ3v) is 6.05. The lowest BCUT2D eigenvalue weighted by Crippen LogP contribution is -2.37. The highest BCUT2D eigenvalue weighted by Crippen LogP contribution is 2.38. The van der Waals surface area contributed by atoms with Gasteiger partial charge in [-0.1, -0.05) is 71.9 Å². The van der Waals surface area contributed by atoms with Crippen LogP contribution in [0.4, 0.5) is 9.18 Å². The molecule has 7 nitrogen and oxygen atoms in total. The standard InChI is InChI=1S/C24H20FN5O2S/c1-15-11-13-17(14-12-15)30-21(18-9-5-6-10-19(18)25)28-29-24(30)33-20(22(31)27-23(26)32)16-7-3-2-4-8-16/h2-14,20H,1H3,(H3,26,27,31,32). The largest absolute Gasteiger partial charge is 0.351 e. The third-order valence-electron chi connectivity index (χ3n) is 4.85. The number of aromatic nitrogens is 3. The van der Waals surface area contributed by atoms with Crippen molar-refractivity contribution in [3.05, 3.63) is 95.8 Å². The summed E-state index contributed by atoms with van der Waals surface area (Å²) in [4.78, 5) is 24.2. The molecule has 0 spiro atoms. The minimum absolute atomic E-state index is 0.273. The van der Waals surface area contributed by atoms with Gasteiger partial charge in [-0.3, -0.25) is 14.7 Å². The summed E-state index contributed by atoms with van der Waals surface area (Å²) in [6, 6.07) is 21.8. The Morgan fingerprint density at radius 3 is 2.30 bits per heavy atom. The number of nitrogens with one attached hydrogen (secondary N) is 1. The van der Waals surface area contributed by atoms with E-state index in [-0.39, 0.29) is 5.56 Å². The molecule has 0 aliphatic rings. The van der Waals surface area contributed by atoms with Gasteiger partial charge in [-0.2, -0.15) is 0 Å². The lowest BCUT2D eigenvalue weighted by atomic mass is 10.1. The predicted octanol–water partition coefficient (Wildman–Crippen LogP) is 4.41. The van der Waals surface area contributed by atoms with Crippen LogP contribution in [0, 0.1) is 12.7 Å². The van der Waals surface area contributed by atoms with E-state index >= 15 is 0 Å². The molecule has 9 heteroatoms. The monoisotopic (exact) mass is 461 g/mol. The Hall–Kier alpha value is -3.98. The fourth-order valence-electron chi connectivity index (χ4n) is 3.28. The van der Waals surface area contributed by atoms with Gasteiger partial charge in [0.1, 0.15) is 11.1 Å². The number of aryl methyl sites for hydroxylation is 1. The quantitative estimate of drug-likeness (QED) is 0.414. The number of thioether (sulfide) groups is 1. The number of benzene rings is 3. The van der Waals surface area contributed by atoms with Crippen molar-refractivity contribution in [3.63, 3.8) is 0 Å². The molecule has 0 aliphatic heterocycles. The normalized spacial score (nSPS) is 11.7. The Morgan fingerprint density at radius 1 is 0.970 bits per heavy atom. The maximum absolute atomic E-state index is 14.6. The predicted molar refractivity (Wildman–Crippen MR) is 124 cm³/mol. The van der Waals surface area contributed by atoms with Crippen molar-refractivity contribution in [2.75, 3.05) is 0 Å². The molecular formula is C24H20FN5O2S. The molecule has 3 N–H and O–H groups in total. The number of hydrogen-bond acceptors (Lipinski definition) is 5. The topological polar surface area (TPSA) is 103 Å². The molecule has 0 saturated carbocycles. The molecule has 4 aromatic rings. The van der Waals surface area contributed by atoms with Crippen molar-refractivity contribution in [1.82, 2.24) is 20.1 Å². The third kappa shape index (κ3) is 4.93. The van der Waals surface area contributed by atoms with Crippen molar-refractivity contribution in [1.29, 1.82) is 0 Å². The first kappa shape index (κ1) is 22.2. The fraction of sp³-hybridized carbons (Fsp3) is 0.0833. The summed E-state index contributed by atoms with van der Waals surface area (Å²) >= 11 is 1.09. The molecule has 1 atom stereocenters. The first-order valence-electron chi connectivity index (χ1n) is 10.0. The van der Waals surface area contributed by atoms with Crippen LogP contribution in [0.2, 0.25) is 0 Å². The zero-order valence-electron chi connectivity index (χ0n) is 17.6. The number of carbonyl (C=O) groups is 2. The summed E-state index contributed by atoms with van der Waals surface area (Å²) in [6.07, 6.45) is 0. The Bertz CT molecular complexity index is 1290. The summed E-state index contributed by atoms with van der Waals surface area (Å²) in [5.74, 6) is -0.743. The van der Waals surface area contributed by atoms with Gasteiger partial charge in [-0.15, -0.1) is 10.2 Å². The molecule has 0 radical (unpaired) electrons. The smallest absolute Gasteiger partial charge is 0.318 e. The molecule has 3 aromatic carbocycles. The molecule has 33 heavy (non-hydrogen) atoms. The van der Waals surface area contributed by atoms with E-state index in [2.05, 4.69) is 15.5 Å². The second kappa shape index (κ2) is 9.66. The average Bonchev–Trinajstić information content (AvgIpc) is 3.21. The second-order valence-electron chi connectivity index (χ2n) is 7.22. The summed E-state index contributed by atoms with van der Waals surface area (Å²) in [5.41, 5.74) is 7.85. The van der Waals surface area contributed by atoms with Crippen LogP contribution in [0.5, 0.6) is 0 Å². The van der Waals surface area contributed by atoms with Gasteiger partial charge in [-0.25, -0.2) is 9.18 Å². The van der Waals surface area contributed by atoms with E-state index < -0.39 is 23.0 Å². The van der Waals surface area contributed by atoms with E-state index in [9.17, 15) is 14.0 Å². The number of imide groups is 1. The molecule has 4 rings (SSSR count). The number of carbonyl (C=O) groups excluding carboxylic acids is 2. The van der Waals surface area contributed by atoms with Crippen LogP contribution in [0.25, 0.3) is 17.1 Å². The van der Waals surface area contributed by atoms with Crippen LogP contribution in [0.15, 0.2) is 84.0 Å². The van der Waals surface area contributed by atoms with Crippen LogP contribution < -0.4 is 11.1 Å². The van der Waals surface area contributed by atoms with Crippen molar-refractivity contribution in [3.8, 4) is 17.1 Å². The van der Waals surface area contributed by atoms with Crippen molar-refractivity contribution < 1.29 is 14.0 Å². The molecule has 0 saturated heterocycles. The van der Waals surface area contributed by atoms with Crippen molar-refractivity contribution in [2.45, 2.75) is 17.3 Å². The zero-order valence-corrected chi connectivity index (χ0v) is 18.4. The number of nitrogens with two attached hydrogens (primary N) is 1. The SMILES string of the molecule is Cc1ccc(-n2c(SC(C(=O)NC(N)=O)c3ccccc3)nnc2-c2ccccc2F)cc1. The lowest BCUT2D eigenvalue weighted by Gasteiger charge is -2.17. The number of urea groups is 1. The van der Waals surface area contributed by atoms with Gasteiger partial charge in [0.15, 0.2) is 11.0 Å². The van der Waals surface area contributed by atoms with E-state index in [1.165, 1.54) is 6.07 Å². The van der Waals surface area contributed by atoms with E-state index in [1.54, 1.807) is 47.0 Å². The number of halogens is 1. The van der Waals surface area contributed by atoms with Crippen LogP contribution in [-0.2, 0) is 4.79 Å². The second-order valence-corrected chi connectivity index (χ2v) is 8.29. The van der Waals surface area contributed by atoms with E-state index in [0.717, 1.165) is 17.3 Å². The summed E-state index contributed by atoms with van der Waals surface area (Å²) in [7, 11) is 0. The Balaban J connectivity index is 1.84. The summed E-state index contributed by atoms with van der Waals surface area (Å²) in [5, 5.41) is 10.2. The van der Waals surface area contributed by atoms with Gasteiger partial charge in [0.25, 0.3) is 0 Å². The highest BCUT2D eigenvalue weighted by molar-refractivity contribution is 8.00. The number of amides is 3. The van der Waals surface area contributed by atoms with Crippen molar-refractivity contribution in [2.24, 2.45) is 5.73 Å². The molecule has 1 unspecified atom stereocenters. The minimum atomic E-state index is -0.950. The maximum Gasteiger partial charge on any atom is 0.318 e. The van der Waals surface area contributed by atoms with Crippen LogP contribution in [0.1, 0.15) is 16.4 Å². The van der Waals surface area contributed by atoms with Gasteiger partial charge < -0.3 is 5.73 Å². The minimum Gasteiger partial charge on any atom is -0.351 e. The summed E-state index contributed by atoms with van der Waals surface area (Å²) < 4.78 is 16.3. The van der Waals surface area contributed by atoms with Gasteiger partial charge in [0, 0.05) is 5.69 Å². The molecule has 166 valence electrons. The molecule has 1 aromatic heterocycles. The van der Waals surface area contributed by atoms with E-state index in [1.807, 2.05) is 37.3 Å². The molecule has 1 heterocycles. The Kier molecular flexibility index (Phi) is 6.50. The highest BCUT2D eigenvalue weighted by atomic mass is 32.2. The van der Waals surface area contributed by atoms with Crippen LogP contribution >= 0.6 is 11.8 Å². The van der Waals surface area contributed by atoms with Gasteiger partial charge in [-0.05, 0) is 36.8 Å². The number of nitrogens with zero attached hydrogens (tertiary/aromatic N) is 3. The van der Waals surface area contributed by atoms with Gasteiger partial charge in [0.2, 0.25) is 5.91 Å². The Morgan fingerprint density at radius 2 is 1.64 bits per heavy atom. The number of hydrogen-bond donors (Lipinski definition) is 2. The molecule has 0 fully saturated rings. The van der Waals surface area contributed by atoms with Crippen LogP contribution in [0.3, 0.4) is 0 Å². The van der Waals surface area contributed by atoms with Gasteiger partial charge >= 0.3 is 6.03 Å². The number of primary amides is 1.